The Kier molecular flexibility index (Phi) is 4.37. The molecule has 1 aromatic carbocycles. The Morgan fingerprint density at radius 1 is 1.14 bits per heavy atom. The van der Waals surface area contributed by atoms with Gasteiger partial charge in [-0.1, -0.05) is 38.1 Å². The lowest BCUT2D eigenvalue weighted by atomic mass is 9.90. The minimum Gasteiger partial charge on any atom is -0.308 e. The van der Waals surface area contributed by atoms with E-state index in [0.717, 1.165) is 25.4 Å². The van der Waals surface area contributed by atoms with Crippen molar-refractivity contribution >= 4 is 0 Å². The van der Waals surface area contributed by atoms with Crippen LogP contribution in [0.4, 0.5) is 0 Å². The maximum Gasteiger partial charge on any atom is 0.0309 e. The van der Waals surface area contributed by atoms with Crippen LogP contribution in [0, 0.1) is 5.92 Å². The number of hydrogen-bond acceptors (Lipinski definition) is 2. The Hall–Kier alpha value is -0.860. The molecule has 1 aliphatic heterocycles. The van der Waals surface area contributed by atoms with Gasteiger partial charge >= 0.3 is 0 Å². The number of hydrogen-bond donors (Lipinski definition) is 1. The minimum absolute atomic E-state index is 0.342. The quantitative estimate of drug-likeness (QED) is 0.889. The fourth-order valence-electron chi connectivity index (χ4n) is 3.78. The summed E-state index contributed by atoms with van der Waals surface area (Å²) in [6.07, 6.45) is 5.20. The molecule has 2 nitrogen and oxygen atoms in total. The van der Waals surface area contributed by atoms with Crippen molar-refractivity contribution < 1.29 is 0 Å². The fraction of sp³-hybridized carbons (Fsp3) is 0.684. The number of aryl methyl sites for hydroxylation is 1. The third-order valence-electron chi connectivity index (χ3n) is 5.56. The summed E-state index contributed by atoms with van der Waals surface area (Å²) in [5.74, 6) is 0.903. The van der Waals surface area contributed by atoms with Crippen LogP contribution in [0.25, 0.3) is 0 Å². The Balaban J connectivity index is 1.70. The average molecular weight is 286 g/mol. The molecule has 21 heavy (non-hydrogen) atoms. The molecule has 2 heteroatoms. The highest BCUT2D eigenvalue weighted by Crippen LogP contribution is 2.41. The standard InChI is InChI=1S/C19H30N2/c1-4-15-6-8-16(9-7-15)13-21-14-19(3,17-10-11-17)20-12-18(21)5-2/h6-9,17-18,20H,4-5,10-14H2,1-3H3. The summed E-state index contributed by atoms with van der Waals surface area (Å²) in [6.45, 7) is 10.4. The molecule has 116 valence electrons. The second-order valence-corrected chi connectivity index (χ2v) is 7.21. The van der Waals surface area contributed by atoms with E-state index in [0.29, 0.717) is 11.6 Å². The molecular formula is C19H30N2. The number of benzene rings is 1. The topological polar surface area (TPSA) is 15.3 Å². The molecule has 1 aliphatic carbocycles. The van der Waals surface area contributed by atoms with Crippen LogP contribution in [0.1, 0.15) is 51.2 Å². The van der Waals surface area contributed by atoms with Gasteiger partial charge in [-0.3, -0.25) is 4.90 Å². The van der Waals surface area contributed by atoms with Crippen LogP contribution < -0.4 is 5.32 Å². The molecule has 2 unspecified atom stereocenters. The molecule has 1 heterocycles. The first kappa shape index (κ1) is 15.1. The van der Waals surface area contributed by atoms with Crippen LogP contribution in [-0.4, -0.2) is 29.6 Å². The summed E-state index contributed by atoms with van der Waals surface area (Å²) >= 11 is 0. The van der Waals surface area contributed by atoms with Crippen LogP contribution in [0.3, 0.4) is 0 Å². The second-order valence-electron chi connectivity index (χ2n) is 7.21. The molecule has 0 aromatic heterocycles. The van der Waals surface area contributed by atoms with Gasteiger partial charge in [-0.2, -0.15) is 0 Å². The van der Waals surface area contributed by atoms with E-state index in [-0.39, 0.29) is 0 Å². The van der Waals surface area contributed by atoms with Crippen LogP contribution >= 0.6 is 0 Å². The van der Waals surface area contributed by atoms with Gasteiger partial charge in [-0.25, -0.2) is 0 Å². The van der Waals surface area contributed by atoms with Crippen LogP contribution in [0.5, 0.6) is 0 Å². The molecule has 2 atom stereocenters. The van der Waals surface area contributed by atoms with Crippen LogP contribution in [-0.2, 0) is 13.0 Å². The zero-order valence-corrected chi connectivity index (χ0v) is 13.9. The summed E-state index contributed by atoms with van der Waals surface area (Å²) in [7, 11) is 0. The SMILES string of the molecule is CCc1ccc(CN2CC(C)(C3CC3)NCC2CC)cc1. The molecule has 2 fully saturated rings. The molecule has 0 amide bonds. The summed E-state index contributed by atoms with van der Waals surface area (Å²) in [6, 6.07) is 9.91. The van der Waals surface area contributed by atoms with Crippen molar-refractivity contribution in [1.29, 1.82) is 0 Å². The number of rotatable bonds is 5. The van der Waals surface area contributed by atoms with E-state index in [2.05, 4.69) is 55.3 Å². The third-order valence-corrected chi connectivity index (χ3v) is 5.56. The molecule has 2 aliphatic rings. The minimum atomic E-state index is 0.342. The lowest BCUT2D eigenvalue weighted by molar-refractivity contribution is 0.0666. The van der Waals surface area contributed by atoms with Crippen molar-refractivity contribution in [2.75, 3.05) is 13.1 Å². The van der Waals surface area contributed by atoms with Gasteiger partial charge in [-0.05, 0) is 49.7 Å². The van der Waals surface area contributed by atoms with E-state index in [4.69, 9.17) is 0 Å². The Morgan fingerprint density at radius 2 is 1.81 bits per heavy atom. The van der Waals surface area contributed by atoms with Crippen molar-refractivity contribution in [2.45, 2.75) is 64.6 Å². The first-order valence-corrected chi connectivity index (χ1v) is 8.71. The maximum atomic E-state index is 3.85. The van der Waals surface area contributed by atoms with E-state index >= 15 is 0 Å². The molecule has 0 spiro atoms. The summed E-state index contributed by atoms with van der Waals surface area (Å²) in [5.41, 5.74) is 3.24. The predicted molar refractivity (Wildman–Crippen MR) is 89.4 cm³/mol. The highest BCUT2D eigenvalue weighted by molar-refractivity contribution is 5.22. The molecule has 0 bridgehead atoms. The van der Waals surface area contributed by atoms with Crippen LogP contribution in [0.2, 0.25) is 0 Å². The molecule has 1 N–H and O–H groups in total. The highest BCUT2D eigenvalue weighted by atomic mass is 15.3. The van der Waals surface area contributed by atoms with Crippen molar-refractivity contribution in [2.24, 2.45) is 5.92 Å². The summed E-state index contributed by atoms with van der Waals surface area (Å²) < 4.78 is 0. The largest absolute Gasteiger partial charge is 0.308 e. The number of nitrogens with one attached hydrogen (secondary N) is 1. The smallest absolute Gasteiger partial charge is 0.0309 e. The zero-order chi connectivity index (χ0) is 14.9. The van der Waals surface area contributed by atoms with E-state index < -0.39 is 0 Å². The van der Waals surface area contributed by atoms with Crippen molar-refractivity contribution in [1.82, 2.24) is 10.2 Å². The van der Waals surface area contributed by atoms with Crippen LogP contribution in [0.15, 0.2) is 24.3 Å². The summed E-state index contributed by atoms with van der Waals surface area (Å²) in [5, 5.41) is 3.85. The van der Waals surface area contributed by atoms with E-state index in [9.17, 15) is 0 Å². The molecule has 1 saturated heterocycles. The highest BCUT2D eigenvalue weighted by Gasteiger charge is 2.45. The lowest BCUT2D eigenvalue weighted by Gasteiger charge is -2.46. The van der Waals surface area contributed by atoms with Gasteiger partial charge in [0.2, 0.25) is 0 Å². The van der Waals surface area contributed by atoms with Gasteiger partial charge in [0.1, 0.15) is 0 Å². The van der Waals surface area contributed by atoms with Crippen molar-refractivity contribution in [3.8, 4) is 0 Å². The van der Waals surface area contributed by atoms with Crippen molar-refractivity contribution in [3.63, 3.8) is 0 Å². The Morgan fingerprint density at radius 3 is 2.38 bits per heavy atom. The molecule has 0 radical (unpaired) electrons. The van der Waals surface area contributed by atoms with Gasteiger partial charge < -0.3 is 5.32 Å². The van der Waals surface area contributed by atoms with Crippen molar-refractivity contribution in [3.05, 3.63) is 35.4 Å². The van der Waals surface area contributed by atoms with Gasteiger partial charge in [0.05, 0.1) is 0 Å². The van der Waals surface area contributed by atoms with Gasteiger partial charge in [0.15, 0.2) is 0 Å². The lowest BCUT2D eigenvalue weighted by Crippen LogP contribution is -2.63. The normalized spacial score (nSPS) is 30.5. The molecular weight excluding hydrogens is 256 g/mol. The molecule has 1 saturated carbocycles. The third kappa shape index (κ3) is 3.32. The Labute approximate surface area is 129 Å². The van der Waals surface area contributed by atoms with E-state index in [1.807, 2.05) is 0 Å². The first-order valence-electron chi connectivity index (χ1n) is 8.71. The van der Waals surface area contributed by atoms with E-state index in [1.165, 1.54) is 36.9 Å². The second kappa shape index (κ2) is 6.10. The molecule has 3 rings (SSSR count). The zero-order valence-electron chi connectivity index (χ0n) is 13.9. The number of nitrogens with zero attached hydrogens (tertiary/aromatic N) is 1. The fourth-order valence-corrected chi connectivity index (χ4v) is 3.78. The van der Waals surface area contributed by atoms with Gasteiger partial charge in [-0.15, -0.1) is 0 Å². The van der Waals surface area contributed by atoms with Gasteiger partial charge in [0.25, 0.3) is 0 Å². The summed E-state index contributed by atoms with van der Waals surface area (Å²) in [4.78, 5) is 2.72. The Bertz CT molecular complexity index is 463. The van der Waals surface area contributed by atoms with Gasteiger partial charge in [0, 0.05) is 31.2 Å². The first-order chi connectivity index (χ1) is 10.1. The maximum absolute atomic E-state index is 3.85. The monoisotopic (exact) mass is 286 g/mol. The predicted octanol–water partition coefficient (Wildman–Crippen LogP) is 3.60. The van der Waals surface area contributed by atoms with E-state index in [1.54, 1.807) is 0 Å². The number of piperazine rings is 1. The molecule has 1 aromatic rings. The average Bonchev–Trinajstić information content (AvgIpc) is 3.33.